The molecule has 28 heavy (non-hydrogen) atoms. The maximum absolute atomic E-state index is 13.2. The van der Waals surface area contributed by atoms with E-state index in [-0.39, 0.29) is 11.7 Å². The van der Waals surface area contributed by atoms with Gasteiger partial charge in [0.05, 0.1) is 17.1 Å². The molecule has 152 valence electrons. The highest BCUT2D eigenvalue weighted by molar-refractivity contribution is 7.86. The van der Waals surface area contributed by atoms with Crippen molar-refractivity contribution in [2.45, 2.75) is 38.1 Å². The van der Waals surface area contributed by atoms with Crippen LogP contribution in [0.4, 0.5) is 0 Å². The maximum Gasteiger partial charge on any atom is 0.332 e. The molecule has 10 heteroatoms. The van der Waals surface area contributed by atoms with Gasteiger partial charge in [0.1, 0.15) is 5.65 Å². The van der Waals surface area contributed by atoms with Crippen LogP contribution in [0, 0.1) is 0 Å². The molecule has 2 aromatic rings. The van der Waals surface area contributed by atoms with Crippen molar-refractivity contribution >= 4 is 21.2 Å². The fourth-order valence-corrected chi connectivity index (χ4v) is 6.11. The average molecular weight is 407 g/mol. The third-order valence-corrected chi connectivity index (χ3v) is 7.85. The second kappa shape index (κ2) is 7.09. The summed E-state index contributed by atoms with van der Waals surface area (Å²) >= 11 is 0. The smallest absolute Gasteiger partial charge is 0.280 e. The second-order valence-corrected chi connectivity index (χ2v) is 9.43. The van der Waals surface area contributed by atoms with E-state index in [1.807, 2.05) is 0 Å². The van der Waals surface area contributed by atoms with Gasteiger partial charge in [-0.3, -0.25) is 13.9 Å². The van der Waals surface area contributed by atoms with E-state index in [1.165, 1.54) is 11.6 Å². The SMILES string of the molecule is Cn1c(=O)c2ccc(C3CCCCN3S(=O)(=O)N3CCCC3)nc2n(C)c1=O. The van der Waals surface area contributed by atoms with E-state index < -0.39 is 21.5 Å². The van der Waals surface area contributed by atoms with Crippen LogP contribution in [0.25, 0.3) is 11.0 Å². The van der Waals surface area contributed by atoms with Crippen molar-refractivity contribution in [2.24, 2.45) is 14.1 Å². The average Bonchev–Trinajstić information content (AvgIpc) is 3.26. The number of rotatable bonds is 3. The van der Waals surface area contributed by atoms with Gasteiger partial charge in [0.25, 0.3) is 15.8 Å². The van der Waals surface area contributed by atoms with Gasteiger partial charge in [0.15, 0.2) is 0 Å². The monoisotopic (exact) mass is 407 g/mol. The van der Waals surface area contributed by atoms with Crippen molar-refractivity contribution in [3.05, 3.63) is 38.7 Å². The Morgan fingerprint density at radius 3 is 2.36 bits per heavy atom. The third-order valence-electron chi connectivity index (χ3n) is 5.81. The Balaban J connectivity index is 1.81. The first-order valence-electron chi connectivity index (χ1n) is 9.66. The fraction of sp³-hybridized carbons (Fsp3) is 0.611. The summed E-state index contributed by atoms with van der Waals surface area (Å²) in [6.45, 7) is 1.57. The highest BCUT2D eigenvalue weighted by Crippen LogP contribution is 2.34. The first kappa shape index (κ1) is 19.3. The summed E-state index contributed by atoms with van der Waals surface area (Å²) in [5, 5.41) is 0.345. The highest BCUT2D eigenvalue weighted by atomic mass is 32.2. The van der Waals surface area contributed by atoms with Crippen molar-refractivity contribution < 1.29 is 8.42 Å². The molecule has 2 aliphatic heterocycles. The van der Waals surface area contributed by atoms with E-state index in [9.17, 15) is 18.0 Å². The molecule has 0 spiro atoms. The summed E-state index contributed by atoms with van der Waals surface area (Å²) in [4.78, 5) is 29.2. The number of hydrogen-bond acceptors (Lipinski definition) is 5. The molecule has 0 N–H and O–H groups in total. The van der Waals surface area contributed by atoms with Crippen molar-refractivity contribution in [3.63, 3.8) is 0 Å². The van der Waals surface area contributed by atoms with Crippen LogP contribution in [0.2, 0.25) is 0 Å². The molecule has 0 amide bonds. The van der Waals surface area contributed by atoms with Crippen molar-refractivity contribution in [3.8, 4) is 0 Å². The molecule has 2 aliphatic rings. The van der Waals surface area contributed by atoms with Gasteiger partial charge in [0, 0.05) is 33.7 Å². The molecule has 1 unspecified atom stereocenters. The van der Waals surface area contributed by atoms with Crippen LogP contribution < -0.4 is 11.2 Å². The molecule has 0 saturated carbocycles. The summed E-state index contributed by atoms with van der Waals surface area (Å²) < 4.78 is 31.8. The van der Waals surface area contributed by atoms with Gasteiger partial charge in [-0.1, -0.05) is 6.42 Å². The topological polar surface area (TPSA) is 97.5 Å². The lowest BCUT2D eigenvalue weighted by atomic mass is 10.0. The number of aryl methyl sites for hydroxylation is 1. The lowest BCUT2D eigenvalue weighted by Gasteiger charge is -2.36. The van der Waals surface area contributed by atoms with Crippen molar-refractivity contribution in [1.29, 1.82) is 0 Å². The van der Waals surface area contributed by atoms with Crippen LogP contribution >= 0.6 is 0 Å². The quantitative estimate of drug-likeness (QED) is 0.738. The normalized spacial score (nSPS) is 22.1. The molecule has 0 aliphatic carbocycles. The van der Waals surface area contributed by atoms with E-state index in [4.69, 9.17) is 0 Å². The largest absolute Gasteiger partial charge is 0.332 e. The van der Waals surface area contributed by atoms with Crippen LogP contribution in [0.3, 0.4) is 0 Å². The number of pyridine rings is 1. The van der Waals surface area contributed by atoms with E-state index in [2.05, 4.69) is 4.98 Å². The van der Waals surface area contributed by atoms with Gasteiger partial charge in [0.2, 0.25) is 0 Å². The highest BCUT2D eigenvalue weighted by Gasteiger charge is 2.38. The summed E-state index contributed by atoms with van der Waals surface area (Å²) in [6.07, 6.45) is 4.17. The predicted molar refractivity (Wildman–Crippen MR) is 105 cm³/mol. The van der Waals surface area contributed by atoms with Crippen LogP contribution in [-0.4, -0.2) is 50.8 Å². The maximum atomic E-state index is 13.2. The molecule has 4 heterocycles. The van der Waals surface area contributed by atoms with Crippen LogP contribution in [0.15, 0.2) is 21.7 Å². The molecule has 4 rings (SSSR count). The van der Waals surface area contributed by atoms with Gasteiger partial charge in [-0.05, 0) is 37.8 Å². The minimum atomic E-state index is -3.55. The van der Waals surface area contributed by atoms with Gasteiger partial charge < -0.3 is 0 Å². The summed E-state index contributed by atoms with van der Waals surface area (Å²) in [7, 11) is -0.549. The van der Waals surface area contributed by atoms with Crippen LogP contribution in [0.5, 0.6) is 0 Å². The lowest BCUT2D eigenvalue weighted by molar-refractivity contribution is 0.235. The third kappa shape index (κ3) is 2.99. The summed E-state index contributed by atoms with van der Waals surface area (Å²) in [5.41, 5.74) is 0.0163. The molecule has 9 nitrogen and oxygen atoms in total. The van der Waals surface area contributed by atoms with Crippen LogP contribution in [-0.2, 0) is 24.3 Å². The fourth-order valence-electron chi connectivity index (χ4n) is 4.20. The minimum absolute atomic E-state index is 0.287. The van der Waals surface area contributed by atoms with Gasteiger partial charge in [-0.2, -0.15) is 17.0 Å². The Hall–Kier alpha value is -2.04. The van der Waals surface area contributed by atoms with Crippen molar-refractivity contribution in [1.82, 2.24) is 22.7 Å². The molecule has 2 aromatic heterocycles. The van der Waals surface area contributed by atoms with E-state index in [1.54, 1.807) is 27.8 Å². The molecule has 2 fully saturated rings. The summed E-state index contributed by atoms with van der Waals surface area (Å²) in [6, 6.07) is 2.98. The van der Waals surface area contributed by atoms with E-state index in [0.717, 1.165) is 30.3 Å². The predicted octanol–water partition coefficient (Wildman–Crippen LogP) is 0.500. The number of nitrogens with zero attached hydrogens (tertiary/aromatic N) is 5. The minimum Gasteiger partial charge on any atom is -0.280 e. The van der Waals surface area contributed by atoms with Crippen molar-refractivity contribution in [2.75, 3.05) is 19.6 Å². The molecular weight excluding hydrogens is 382 g/mol. The molecule has 1 atom stereocenters. The second-order valence-electron chi connectivity index (χ2n) is 7.55. The van der Waals surface area contributed by atoms with E-state index >= 15 is 0 Å². The zero-order chi connectivity index (χ0) is 20.1. The van der Waals surface area contributed by atoms with E-state index in [0.29, 0.717) is 37.1 Å². The first-order valence-corrected chi connectivity index (χ1v) is 11.1. The molecule has 0 bridgehead atoms. The molecule has 0 aromatic carbocycles. The number of aromatic nitrogens is 3. The molecule has 2 saturated heterocycles. The Morgan fingerprint density at radius 1 is 0.964 bits per heavy atom. The first-order chi connectivity index (χ1) is 13.3. The zero-order valence-electron chi connectivity index (χ0n) is 16.2. The van der Waals surface area contributed by atoms with Gasteiger partial charge >= 0.3 is 5.69 Å². The van der Waals surface area contributed by atoms with Gasteiger partial charge in [-0.25, -0.2) is 9.78 Å². The Bertz CT molecular complexity index is 1130. The van der Waals surface area contributed by atoms with Crippen LogP contribution in [0.1, 0.15) is 43.8 Å². The summed E-state index contributed by atoms with van der Waals surface area (Å²) in [5.74, 6) is 0. The number of hydrogen-bond donors (Lipinski definition) is 0. The lowest BCUT2D eigenvalue weighted by Crippen LogP contribution is -2.46. The standard InChI is InChI=1S/C18H25N5O4S/c1-20-16-13(17(24)21(2)18(20)25)8-9-14(19-16)15-7-3-4-12-23(15)28(26,27)22-10-5-6-11-22/h8-9,15H,3-7,10-12H2,1-2H3. The number of fused-ring (bicyclic) bond motifs is 1. The Kier molecular flexibility index (Phi) is 4.88. The Morgan fingerprint density at radius 2 is 1.64 bits per heavy atom. The molecule has 0 radical (unpaired) electrons. The molecular formula is C18H25N5O4S. The zero-order valence-corrected chi connectivity index (χ0v) is 17.0. The Labute approximate surface area is 163 Å². The number of piperidine rings is 1. The van der Waals surface area contributed by atoms with Gasteiger partial charge in [-0.15, -0.1) is 0 Å².